The van der Waals surface area contributed by atoms with E-state index in [1.54, 1.807) is 33.5 Å². The third kappa shape index (κ3) is 3.08. The van der Waals surface area contributed by atoms with Crippen molar-refractivity contribution < 1.29 is 19.0 Å². The molecule has 1 heterocycles. The third-order valence-electron chi connectivity index (χ3n) is 4.27. The monoisotopic (exact) mass is 344 g/mol. The van der Waals surface area contributed by atoms with Crippen molar-refractivity contribution in [1.82, 2.24) is 0 Å². The molecule has 2 atom stereocenters. The van der Waals surface area contributed by atoms with Gasteiger partial charge in [-0.05, 0) is 12.0 Å². The summed E-state index contributed by atoms with van der Waals surface area (Å²) in [5.41, 5.74) is 1.97. The molecule has 2 aromatic rings. The molecule has 0 amide bonds. The molecule has 0 unspecified atom stereocenters. The van der Waals surface area contributed by atoms with E-state index in [0.717, 1.165) is 12.0 Å². The normalized spacial score (nSPS) is 20.0. The molecule has 0 spiro atoms. The minimum atomic E-state index is -0.254. The Bertz CT molecular complexity index is 704. The van der Waals surface area contributed by atoms with Gasteiger partial charge < -0.3 is 14.2 Å². The number of carbonyl (C=O) groups excluding carboxylic acids is 1. The molecule has 5 heteroatoms. The van der Waals surface area contributed by atoms with Crippen LogP contribution in [-0.4, -0.2) is 26.4 Å². The number of hydrogen-bond donors (Lipinski definition) is 0. The molecule has 0 saturated carbocycles. The van der Waals surface area contributed by atoms with E-state index in [4.69, 9.17) is 14.2 Å². The molecule has 0 aliphatic carbocycles. The first-order chi connectivity index (χ1) is 11.7. The van der Waals surface area contributed by atoms with Crippen LogP contribution in [0.3, 0.4) is 0 Å². The van der Waals surface area contributed by atoms with Crippen molar-refractivity contribution in [2.45, 2.75) is 17.6 Å². The molecule has 24 heavy (non-hydrogen) atoms. The maximum Gasteiger partial charge on any atom is 0.197 e. The summed E-state index contributed by atoms with van der Waals surface area (Å²) < 4.78 is 16.3. The number of ether oxygens (including phenoxy) is 3. The SMILES string of the molecule is COc1cc(OC)c([C@@H]2C[C@@H](c3ccccc3)SC2=O)c(OC)c1. The van der Waals surface area contributed by atoms with Gasteiger partial charge in [-0.25, -0.2) is 0 Å². The van der Waals surface area contributed by atoms with Crippen LogP contribution in [0.15, 0.2) is 42.5 Å². The van der Waals surface area contributed by atoms with Crippen molar-refractivity contribution in [3.05, 3.63) is 53.6 Å². The number of thioether (sulfide) groups is 1. The first kappa shape index (κ1) is 16.7. The predicted molar refractivity (Wildman–Crippen MR) is 95.2 cm³/mol. The third-order valence-corrected chi connectivity index (χ3v) is 5.53. The summed E-state index contributed by atoms with van der Waals surface area (Å²) in [5.74, 6) is 1.64. The van der Waals surface area contributed by atoms with Crippen molar-refractivity contribution in [2.75, 3.05) is 21.3 Å². The molecular weight excluding hydrogens is 324 g/mol. The van der Waals surface area contributed by atoms with Gasteiger partial charge in [-0.3, -0.25) is 4.79 Å². The zero-order valence-corrected chi connectivity index (χ0v) is 14.8. The van der Waals surface area contributed by atoms with Crippen molar-refractivity contribution in [3.63, 3.8) is 0 Å². The van der Waals surface area contributed by atoms with Gasteiger partial charge >= 0.3 is 0 Å². The van der Waals surface area contributed by atoms with Crippen LogP contribution in [0.2, 0.25) is 0 Å². The van der Waals surface area contributed by atoms with E-state index in [2.05, 4.69) is 12.1 Å². The highest BCUT2D eigenvalue weighted by atomic mass is 32.2. The molecule has 4 nitrogen and oxygen atoms in total. The molecule has 3 rings (SSSR count). The highest BCUT2D eigenvalue weighted by Crippen LogP contribution is 2.52. The summed E-state index contributed by atoms with van der Waals surface area (Å²) in [6, 6.07) is 13.7. The smallest absolute Gasteiger partial charge is 0.197 e. The number of benzene rings is 2. The number of rotatable bonds is 5. The van der Waals surface area contributed by atoms with Gasteiger partial charge in [0, 0.05) is 22.9 Å². The molecule has 0 radical (unpaired) electrons. The van der Waals surface area contributed by atoms with Gasteiger partial charge in [-0.1, -0.05) is 42.1 Å². The molecule has 2 aromatic carbocycles. The van der Waals surface area contributed by atoms with E-state index in [-0.39, 0.29) is 16.3 Å². The van der Waals surface area contributed by atoms with Gasteiger partial charge in [-0.15, -0.1) is 0 Å². The molecule has 0 aromatic heterocycles. The average molecular weight is 344 g/mol. The minimum Gasteiger partial charge on any atom is -0.496 e. The zero-order chi connectivity index (χ0) is 17.1. The van der Waals surface area contributed by atoms with Crippen LogP contribution < -0.4 is 14.2 Å². The van der Waals surface area contributed by atoms with E-state index in [9.17, 15) is 4.79 Å². The highest BCUT2D eigenvalue weighted by molar-refractivity contribution is 8.14. The lowest BCUT2D eigenvalue weighted by Gasteiger charge is -2.18. The molecule has 1 aliphatic heterocycles. The van der Waals surface area contributed by atoms with Crippen LogP contribution in [0, 0.1) is 0 Å². The standard InChI is InChI=1S/C19H20O4S/c1-21-13-9-15(22-2)18(16(10-13)23-3)14-11-17(24-19(14)20)12-7-5-4-6-8-12/h4-10,14,17H,11H2,1-3H3/t14-,17-/m0/s1. The largest absolute Gasteiger partial charge is 0.496 e. The van der Waals surface area contributed by atoms with Crippen LogP contribution in [0.4, 0.5) is 0 Å². The Morgan fingerprint density at radius 3 is 2.12 bits per heavy atom. The fourth-order valence-electron chi connectivity index (χ4n) is 3.06. The molecule has 1 saturated heterocycles. The van der Waals surface area contributed by atoms with Gasteiger partial charge in [0.2, 0.25) is 0 Å². The molecule has 1 aliphatic rings. The van der Waals surface area contributed by atoms with Crippen molar-refractivity contribution in [2.24, 2.45) is 0 Å². The van der Waals surface area contributed by atoms with Gasteiger partial charge in [0.25, 0.3) is 0 Å². The lowest BCUT2D eigenvalue weighted by atomic mass is 9.92. The zero-order valence-electron chi connectivity index (χ0n) is 13.9. The van der Waals surface area contributed by atoms with Gasteiger partial charge in [-0.2, -0.15) is 0 Å². The maximum absolute atomic E-state index is 12.7. The van der Waals surface area contributed by atoms with Gasteiger partial charge in [0.05, 0.1) is 27.2 Å². The summed E-state index contributed by atoms with van der Waals surface area (Å²) >= 11 is 1.39. The molecule has 0 bridgehead atoms. The molecular formula is C19H20O4S. The number of hydrogen-bond acceptors (Lipinski definition) is 5. The van der Waals surface area contributed by atoms with Crippen LogP contribution in [0.5, 0.6) is 17.2 Å². The minimum absolute atomic E-state index is 0.144. The summed E-state index contributed by atoms with van der Waals surface area (Å²) in [6.45, 7) is 0. The maximum atomic E-state index is 12.7. The first-order valence-electron chi connectivity index (χ1n) is 7.73. The Morgan fingerprint density at radius 2 is 1.58 bits per heavy atom. The van der Waals surface area contributed by atoms with Gasteiger partial charge in [0.15, 0.2) is 5.12 Å². The Balaban J connectivity index is 1.98. The second-order valence-electron chi connectivity index (χ2n) is 5.57. The Hall–Kier alpha value is -2.14. The summed E-state index contributed by atoms with van der Waals surface area (Å²) in [4.78, 5) is 12.7. The van der Waals surface area contributed by atoms with Gasteiger partial charge in [0.1, 0.15) is 17.2 Å². The lowest BCUT2D eigenvalue weighted by molar-refractivity contribution is -0.111. The predicted octanol–water partition coefficient (Wildman–Crippen LogP) is 4.20. The summed E-state index contributed by atoms with van der Waals surface area (Å²) in [6.07, 6.45) is 0.729. The van der Waals surface area contributed by atoms with E-state index in [0.29, 0.717) is 17.2 Å². The highest BCUT2D eigenvalue weighted by Gasteiger charge is 2.38. The Labute approximate surface area is 146 Å². The second kappa shape index (κ2) is 7.18. The number of methoxy groups -OCH3 is 3. The van der Waals surface area contributed by atoms with Crippen LogP contribution >= 0.6 is 11.8 Å². The fraction of sp³-hybridized carbons (Fsp3) is 0.316. The van der Waals surface area contributed by atoms with Crippen LogP contribution in [0.1, 0.15) is 28.7 Å². The Kier molecular flexibility index (Phi) is 5.00. The van der Waals surface area contributed by atoms with Crippen molar-refractivity contribution >= 4 is 16.9 Å². The van der Waals surface area contributed by atoms with Crippen molar-refractivity contribution in [3.8, 4) is 17.2 Å². The number of carbonyl (C=O) groups is 1. The van der Waals surface area contributed by atoms with Crippen molar-refractivity contribution in [1.29, 1.82) is 0 Å². The topological polar surface area (TPSA) is 44.8 Å². The molecule has 0 N–H and O–H groups in total. The van der Waals surface area contributed by atoms with E-state index in [1.165, 1.54) is 17.3 Å². The van der Waals surface area contributed by atoms with Crippen LogP contribution in [0.25, 0.3) is 0 Å². The quantitative estimate of drug-likeness (QED) is 0.813. The average Bonchev–Trinajstić information content (AvgIpc) is 3.02. The molecule has 1 fully saturated rings. The first-order valence-corrected chi connectivity index (χ1v) is 8.61. The lowest BCUT2D eigenvalue weighted by Crippen LogP contribution is -2.07. The second-order valence-corrected chi connectivity index (χ2v) is 6.78. The fourth-order valence-corrected chi connectivity index (χ4v) is 4.30. The Morgan fingerprint density at radius 1 is 0.958 bits per heavy atom. The van der Waals surface area contributed by atoms with E-state index in [1.807, 2.05) is 18.2 Å². The van der Waals surface area contributed by atoms with Crippen LogP contribution in [-0.2, 0) is 4.79 Å². The molecule has 126 valence electrons. The van der Waals surface area contributed by atoms with E-state index >= 15 is 0 Å². The van der Waals surface area contributed by atoms with E-state index < -0.39 is 0 Å². The summed E-state index contributed by atoms with van der Waals surface area (Å²) in [5, 5.41) is 0.297. The summed E-state index contributed by atoms with van der Waals surface area (Å²) in [7, 11) is 4.79.